The lowest BCUT2D eigenvalue weighted by molar-refractivity contribution is 0.0949. The zero-order chi connectivity index (χ0) is 23.3. The first-order valence-corrected chi connectivity index (χ1v) is 10.7. The fourth-order valence-electron chi connectivity index (χ4n) is 3.69. The molecule has 7 heteroatoms. The Bertz CT molecular complexity index is 1460. The van der Waals surface area contributed by atoms with E-state index < -0.39 is 0 Å². The molecule has 0 spiro atoms. The Kier molecular flexibility index (Phi) is 5.82. The number of aromatic nitrogens is 2. The van der Waals surface area contributed by atoms with Crippen molar-refractivity contribution in [3.05, 3.63) is 114 Å². The van der Waals surface area contributed by atoms with Crippen LogP contribution >= 0.6 is 0 Å². The van der Waals surface area contributed by atoms with Gasteiger partial charge in [-0.05, 0) is 48.5 Å². The minimum atomic E-state index is -0.333. The number of rotatable bonds is 6. The van der Waals surface area contributed by atoms with Crippen LogP contribution in [0.2, 0.25) is 0 Å². The van der Waals surface area contributed by atoms with Crippen molar-refractivity contribution >= 4 is 28.4 Å². The van der Waals surface area contributed by atoms with Gasteiger partial charge in [0, 0.05) is 23.3 Å². The van der Waals surface area contributed by atoms with E-state index in [2.05, 4.69) is 15.6 Å². The van der Waals surface area contributed by atoms with Crippen LogP contribution in [0.15, 0.2) is 102 Å². The minimum absolute atomic E-state index is 0.248. The maximum Gasteiger partial charge on any atom is 0.256 e. The summed E-state index contributed by atoms with van der Waals surface area (Å²) in [6.07, 6.45) is 4.92. The van der Waals surface area contributed by atoms with Crippen molar-refractivity contribution in [3.63, 3.8) is 0 Å². The van der Waals surface area contributed by atoms with Crippen LogP contribution in [0.4, 0.5) is 5.69 Å². The van der Waals surface area contributed by atoms with Crippen molar-refractivity contribution in [1.29, 1.82) is 0 Å². The third-order valence-electron chi connectivity index (χ3n) is 5.36. The Hall–Kier alpha value is -4.78. The fraction of sp³-hybridized carbons (Fsp3) is 0.0370. The molecule has 5 rings (SSSR count). The van der Waals surface area contributed by atoms with E-state index in [0.717, 1.165) is 10.9 Å². The highest BCUT2D eigenvalue weighted by Crippen LogP contribution is 2.26. The highest BCUT2D eigenvalue weighted by atomic mass is 16.3. The highest BCUT2D eigenvalue weighted by molar-refractivity contribution is 6.15. The van der Waals surface area contributed by atoms with Gasteiger partial charge in [-0.15, -0.1) is 0 Å². The van der Waals surface area contributed by atoms with Crippen LogP contribution in [0, 0.1) is 0 Å². The summed E-state index contributed by atoms with van der Waals surface area (Å²) in [5, 5.41) is 6.44. The van der Waals surface area contributed by atoms with Crippen LogP contribution in [0.1, 0.15) is 26.5 Å². The Morgan fingerprint density at radius 1 is 0.824 bits per heavy atom. The molecule has 0 fully saturated rings. The lowest BCUT2D eigenvalue weighted by atomic mass is 10.0. The van der Waals surface area contributed by atoms with E-state index in [1.54, 1.807) is 61.1 Å². The largest absolute Gasteiger partial charge is 0.467 e. The molecule has 0 aliphatic heterocycles. The molecule has 3 heterocycles. The Labute approximate surface area is 195 Å². The lowest BCUT2D eigenvalue weighted by Crippen LogP contribution is -2.24. The first-order chi connectivity index (χ1) is 16.7. The number of nitrogens with one attached hydrogen (secondary N) is 2. The first kappa shape index (κ1) is 21.1. The second kappa shape index (κ2) is 9.38. The second-order valence-electron chi connectivity index (χ2n) is 7.57. The molecule has 0 aliphatic rings. The maximum absolute atomic E-state index is 13.4. The third kappa shape index (κ3) is 4.40. The predicted octanol–water partition coefficient (Wildman–Crippen LogP) is 5.07. The number of hydrogen-bond acceptors (Lipinski definition) is 5. The molecular weight excluding hydrogens is 428 g/mol. The second-order valence-corrected chi connectivity index (χ2v) is 7.57. The van der Waals surface area contributed by atoms with Crippen LogP contribution in [-0.4, -0.2) is 21.8 Å². The number of carbonyl (C=O) groups is 2. The summed E-state index contributed by atoms with van der Waals surface area (Å²) in [4.78, 5) is 35.0. The van der Waals surface area contributed by atoms with Crippen molar-refractivity contribution in [1.82, 2.24) is 15.3 Å². The van der Waals surface area contributed by atoms with E-state index in [9.17, 15) is 9.59 Å². The predicted molar refractivity (Wildman–Crippen MR) is 129 cm³/mol. The molecule has 3 aromatic heterocycles. The van der Waals surface area contributed by atoms with Crippen molar-refractivity contribution in [2.75, 3.05) is 5.32 Å². The summed E-state index contributed by atoms with van der Waals surface area (Å²) < 4.78 is 5.27. The Morgan fingerprint density at radius 3 is 2.44 bits per heavy atom. The van der Waals surface area contributed by atoms with E-state index in [1.165, 1.54) is 0 Å². The van der Waals surface area contributed by atoms with Crippen molar-refractivity contribution in [2.24, 2.45) is 0 Å². The number of hydrogen-bond donors (Lipinski definition) is 2. The molecule has 0 atom stereocenters. The molecule has 0 radical (unpaired) electrons. The van der Waals surface area contributed by atoms with Gasteiger partial charge in [-0.3, -0.25) is 14.6 Å². The van der Waals surface area contributed by atoms with E-state index in [-0.39, 0.29) is 18.4 Å². The molecule has 34 heavy (non-hydrogen) atoms. The van der Waals surface area contributed by atoms with E-state index in [4.69, 9.17) is 9.40 Å². The first-order valence-electron chi connectivity index (χ1n) is 10.7. The average Bonchev–Trinajstić information content (AvgIpc) is 3.41. The number of para-hydroxylation sites is 2. The van der Waals surface area contributed by atoms with E-state index >= 15 is 0 Å². The standard InChI is InChI=1S/C27H20N4O3/c32-26(29-17-19-6-5-15-34-19)21-8-2-4-10-24(21)31-27(33)22-16-25(18-11-13-28-14-12-18)30-23-9-3-1-7-20(22)23/h1-16H,17H2,(H,29,32)(H,31,33). The van der Waals surface area contributed by atoms with Crippen LogP contribution in [-0.2, 0) is 6.54 Å². The number of benzene rings is 2. The van der Waals surface area contributed by atoms with Crippen LogP contribution in [0.3, 0.4) is 0 Å². The van der Waals surface area contributed by atoms with Crippen molar-refractivity contribution in [2.45, 2.75) is 6.54 Å². The number of amides is 2. The molecule has 2 N–H and O–H groups in total. The molecule has 2 aromatic carbocycles. The molecule has 5 aromatic rings. The van der Waals surface area contributed by atoms with Crippen LogP contribution < -0.4 is 10.6 Å². The molecule has 0 saturated carbocycles. The summed E-state index contributed by atoms with van der Waals surface area (Å²) in [6.45, 7) is 0.248. The highest BCUT2D eigenvalue weighted by Gasteiger charge is 2.17. The minimum Gasteiger partial charge on any atom is -0.467 e. The van der Waals surface area contributed by atoms with Gasteiger partial charge in [-0.25, -0.2) is 4.98 Å². The number of nitrogens with zero attached hydrogens (tertiary/aromatic N) is 2. The van der Waals surface area contributed by atoms with E-state index in [0.29, 0.717) is 33.8 Å². The zero-order valence-corrected chi connectivity index (χ0v) is 18.1. The zero-order valence-electron chi connectivity index (χ0n) is 18.1. The van der Waals surface area contributed by atoms with Crippen LogP contribution in [0.25, 0.3) is 22.2 Å². The quantitative estimate of drug-likeness (QED) is 0.378. The monoisotopic (exact) mass is 448 g/mol. The van der Waals surface area contributed by atoms with Crippen molar-refractivity contribution in [3.8, 4) is 11.3 Å². The Balaban J connectivity index is 1.46. The number of pyridine rings is 2. The third-order valence-corrected chi connectivity index (χ3v) is 5.36. The SMILES string of the molecule is O=C(NCc1ccco1)c1ccccc1NC(=O)c1cc(-c2ccncc2)nc2ccccc12. The number of fused-ring (bicyclic) bond motifs is 1. The van der Waals surface area contributed by atoms with Crippen LogP contribution in [0.5, 0.6) is 0 Å². The molecule has 0 saturated heterocycles. The van der Waals surface area contributed by atoms with Gasteiger partial charge in [0.05, 0.1) is 40.8 Å². The normalized spacial score (nSPS) is 10.7. The summed E-state index contributed by atoms with van der Waals surface area (Å²) >= 11 is 0. The smallest absolute Gasteiger partial charge is 0.256 e. The average molecular weight is 448 g/mol. The molecule has 7 nitrogen and oxygen atoms in total. The molecule has 0 aliphatic carbocycles. The van der Waals surface area contributed by atoms with Gasteiger partial charge in [0.2, 0.25) is 0 Å². The topological polar surface area (TPSA) is 97.1 Å². The maximum atomic E-state index is 13.4. The number of furan rings is 1. The molecular formula is C27H20N4O3. The molecule has 166 valence electrons. The fourth-order valence-corrected chi connectivity index (χ4v) is 3.69. The molecule has 0 bridgehead atoms. The van der Waals surface area contributed by atoms with Gasteiger partial charge in [0.1, 0.15) is 5.76 Å². The summed E-state index contributed by atoms with van der Waals surface area (Å²) in [7, 11) is 0. The molecule has 2 amide bonds. The summed E-state index contributed by atoms with van der Waals surface area (Å²) in [6, 6.07) is 23.3. The van der Waals surface area contributed by atoms with Gasteiger partial charge in [-0.2, -0.15) is 0 Å². The Morgan fingerprint density at radius 2 is 1.62 bits per heavy atom. The van der Waals surface area contributed by atoms with Gasteiger partial charge in [0.25, 0.3) is 11.8 Å². The summed E-state index contributed by atoms with van der Waals surface area (Å²) in [5.41, 5.74) is 3.45. The van der Waals surface area contributed by atoms with Gasteiger partial charge >= 0.3 is 0 Å². The van der Waals surface area contributed by atoms with E-state index in [1.807, 2.05) is 36.4 Å². The van der Waals surface area contributed by atoms with Gasteiger partial charge in [-0.1, -0.05) is 30.3 Å². The summed E-state index contributed by atoms with van der Waals surface area (Å²) in [5.74, 6) is -0.00804. The number of carbonyl (C=O) groups excluding carboxylic acids is 2. The lowest BCUT2D eigenvalue weighted by Gasteiger charge is -2.13. The van der Waals surface area contributed by atoms with Gasteiger partial charge < -0.3 is 15.1 Å². The number of anilines is 1. The van der Waals surface area contributed by atoms with Crippen molar-refractivity contribution < 1.29 is 14.0 Å². The van der Waals surface area contributed by atoms with Gasteiger partial charge in [0.15, 0.2) is 0 Å². The molecule has 0 unspecified atom stereocenters.